The summed E-state index contributed by atoms with van der Waals surface area (Å²) >= 11 is 6.11. The highest BCUT2D eigenvalue weighted by Gasteiger charge is 2.28. The van der Waals surface area contributed by atoms with Crippen molar-refractivity contribution in [3.63, 3.8) is 0 Å². The van der Waals surface area contributed by atoms with Crippen LogP contribution in [-0.4, -0.2) is 22.9 Å². The zero-order chi connectivity index (χ0) is 10.1. The van der Waals surface area contributed by atoms with Crippen molar-refractivity contribution in [1.82, 2.24) is 15.1 Å². The van der Waals surface area contributed by atoms with Crippen LogP contribution in [-0.2, 0) is 7.05 Å². The highest BCUT2D eigenvalue weighted by molar-refractivity contribution is 6.31. The molecule has 4 heteroatoms. The van der Waals surface area contributed by atoms with Gasteiger partial charge in [-0.2, -0.15) is 5.10 Å². The highest BCUT2D eigenvalue weighted by Crippen LogP contribution is 2.37. The average Bonchev–Trinajstić information content (AvgIpc) is 2.73. The van der Waals surface area contributed by atoms with E-state index in [1.807, 2.05) is 18.8 Å². The SMILES string of the molecule is CNC1CCC(c2c(Cl)cnn2C)C1. The maximum Gasteiger partial charge on any atom is 0.0820 e. The van der Waals surface area contributed by atoms with E-state index in [9.17, 15) is 0 Å². The van der Waals surface area contributed by atoms with Crippen molar-refractivity contribution >= 4 is 11.6 Å². The molecule has 1 aromatic heterocycles. The molecule has 2 atom stereocenters. The van der Waals surface area contributed by atoms with Crippen molar-refractivity contribution in [2.45, 2.75) is 31.2 Å². The zero-order valence-corrected chi connectivity index (χ0v) is 9.38. The van der Waals surface area contributed by atoms with Crippen LogP contribution >= 0.6 is 11.6 Å². The first-order chi connectivity index (χ1) is 6.72. The van der Waals surface area contributed by atoms with Gasteiger partial charge in [-0.15, -0.1) is 0 Å². The van der Waals surface area contributed by atoms with Gasteiger partial charge >= 0.3 is 0 Å². The third-order valence-electron chi connectivity index (χ3n) is 3.17. The summed E-state index contributed by atoms with van der Waals surface area (Å²) in [5.74, 6) is 0.576. The van der Waals surface area contributed by atoms with Crippen molar-refractivity contribution in [1.29, 1.82) is 0 Å². The molecule has 1 N–H and O–H groups in total. The van der Waals surface area contributed by atoms with E-state index in [2.05, 4.69) is 10.4 Å². The molecule has 0 bridgehead atoms. The Hall–Kier alpha value is -0.540. The number of halogens is 1. The minimum Gasteiger partial charge on any atom is -0.317 e. The number of nitrogens with zero attached hydrogens (tertiary/aromatic N) is 2. The molecule has 0 radical (unpaired) electrons. The molecule has 1 heterocycles. The van der Waals surface area contributed by atoms with E-state index in [0.29, 0.717) is 12.0 Å². The lowest BCUT2D eigenvalue weighted by Gasteiger charge is -2.11. The maximum atomic E-state index is 6.11. The fraction of sp³-hybridized carbons (Fsp3) is 0.700. The molecule has 0 saturated heterocycles. The van der Waals surface area contributed by atoms with Crippen molar-refractivity contribution in [3.05, 3.63) is 16.9 Å². The second kappa shape index (κ2) is 3.91. The van der Waals surface area contributed by atoms with E-state index in [1.54, 1.807) is 6.20 Å². The monoisotopic (exact) mass is 213 g/mol. The third-order valence-corrected chi connectivity index (χ3v) is 3.46. The van der Waals surface area contributed by atoms with Gasteiger partial charge in [-0.1, -0.05) is 11.6 Å². The van der Waals surface area contributed by atoms with E-state index in [0.717, 1.165) is 5.02 Å². The molecule has 1 aromatic rings. The van der Waals surface area contributed by atoms with E-state index in [-0.39, 0.29) is 0 Å². The van der Waals surface area contributed by atoms with Gasteiger partial charge in [0.15, 0.2) is 0 Å². The van der Waals surface area contributed by atoms with Crippen LogP contribution in [0.1, 0.15) is 30.9 Å². The fourth-order valence-electron chi connectivity index (χ4n) is 2.37. The zero-order valence-electron chi connectivity index (χ0n) is 8.63. The molecule has 1 fully saturated rings. The largest absolute Gasteiger partial charge is 0.317 e. The van der Waals surface area contributed by atoms with Gasteiger partial charge in [0.05, 0.1) is 16.9 Å². The van der Waals surface area contributed by atoms with Gasteiger partial charge in [0.2, 0.25) is 0 Å². The lowest BCUT2D eigenvalue weighted by molar-refractivity contribution is 0.558. The summed E-state index contributed by atoms with van der Waals surface area (Å²) in [4.78, 5) is 0. The molecule has 0 amide bonds. The third kappa shape index (κ3) is 1.66. The van der Waals surface area contributed by atoms with Crippen LogP contribution in [0.15, 0.2) is 6.20 Å². The Morgan fingerprint density at radius 3 is 2.86 bits per heavy atom. The molecular formula is C10H16ClN3. The molecule has 1 aliphatic rings. The molecule has 14 heavy (non-hydrogen) atoms. The van der Waals surface area contributed by atoms with E-state index in [4.69, 9.17) is 11.6 Å². The van der Waals surface area contributed by atoms with Crippen LogP contribution in [0.5, 0.6) is 0 Å². The summed E-state index contributed by atoms with van der Waals surface area (Å²) in [5, 5.41) is 8.31. The predicted octanol–water partition coefficient (Wildman–Crippen LogP) is 1.93. The smallest absolute Gasteiger partial charge is 0.0820 e. The van der Waals surface area contributed by atoms with Gasteiger partial charge in [0.25, 0.3) is 0 Å². The first-order valence-electron chi connectivity index (χ1n) is 5.07. The Balaban J connectivity index is 2.17. The normalized spacial score (nSPS) is 27.1. The summed E-state index contributed by atoms with van der Waals surface area (Å²) in [5.41, 5.74) is 1.20. The minimum absolute atomic E-state index is 0.576. The predicted molar refractivity (Wildman–Crippen MR) is 57.7 cm³/mol. The van der Waals surface area contributed by atoms with Crippen LogP contribution in [0.4, 0.5) is 0 Å². The molecule has 1 aliphatic carbocycles. The Bertz CT molecular complexity index is 302. The summed E-state index contributed by atoms with van der Waals surface area (Å²) in [6.45, 7) is 0. The van der Waals surface area contributed by atoms with Crippen molar-refractivity contribution in [2.24, 2.45) is 7.05 Å². The lowest BCUT2D eigenvalue weighted by atomic mass is 10.0. The fourth-order valence-corrected chi connectivity index (χ4v) is 2.69. The van der Waals surface area contributed by atoms with Gasteiger partial charge in [0, 0.05) is 19.0 Å². The topological polar surface area (TPSA) is 29.9 Å². The second-order valence-electron chi connectivity index (χ2n) is 4.00. The van der Waals surface area contributed by atoms with Gasteiger partial charge in [-0.25, -0.2) is 0 Å². The Kier molecular flexibility index (Phi) is 2.79. The first-order valence-corrected chi connectivity index (χ1v) is 5.44. The van der Waals surface area contributed by atoms with Crippen LogP contribution in [0, 0.1) is 0 Å². The molecule has 1 saturated carbocycles. The highest BCUT2D eigenvalue weighted by atomic mass is 35.5. The number of rotatable bonds is 2. The number of aromatic nitrogens is 2. The van der Waals surface area contributed by atoms with Gasteiger partial charge in [-0.3, -0.25) is 4.68 Å². The quantitative estimate of drug-likeness (QED) is 0.814. The van der Waals surface area contributed by atoms with Crippen LogP contribution in [0.2, 0.25) is 5.02 Å². The van der Waals surface area contributed by atoms with Crippen molar-refractivity contribution in [2.75, 3.05) is 7.05 Å². The molecule has 2 unspecified atom stereocenters. The van der Waals surface area contributed by atoms with E-state index in [1.165, 1.54) is 25.0 Å². The van der Waals surface area contributed by atoms with Crippen LogP contribution in [0.25, 0.3) is 0 Å². The van der Waals surface area contributed by atoms with E-state index < -0.39 is 0 Å². The van der Waals surface area contributed by atoms with Crippen LogP contribution < -0.4 is 5.32 Å². The molecule has 0 aromatic carbocycles. The summed E-state index contributed by atoms with van der Waals surface area (Å²) in [6.07, 6.45) is 5.37. The number of hydrogen-bond donors (Lipinski definition) is 1. The number of nitrogens with one attached hydrogen (secondary N) is 1. The maximum absolute atomic E-state index is 6.11. The van der Waals surface area contributed by atoms with Gasteiger partial charge < -0.3 is 5.32 Å². The molecule has 0 aliphatic heterocycles. The summed E-state index contributed by atoms with van der Waals surface area (Å²) in [6, 6.07) is 0.644. The van der Waals surface area contributed by atoms with Crippen LogP contribution in [0.3, 0.4) is 0 Å². The van der Waals surface area contributed by atoms with Gasteiger partial charge in [0.1, 0.15) is 0 Å². The average molecular weight is 214 g/mol. The molecular weight excluding hydrogens is 198 g/mol. The van der Waals surface area contributed by atoms with Gasteiger partial charge in [-0.05, 0) is 26.3 Å². The Morgan fingerprint density at radius 2 is 2.36 bits per heavy atom. The summed E-state index contributed by atoms with van der Waals surface area (Å²) in [7, 11) is 3.99. The molecule has 0 spiro atoms. The van der Waals surface area contributed by atoms with Crippen molar-refractivity contribution < 1.29 is 0 Å². The molecule has 2 rings (SSSR count). The minimum atomic E-state index is 0.576. The number of hydrogen-bond acceptors (Lipinski definition) is 2. The standard InChI is InChI=1S/C10H16ClN3/c1-12-8-4-3-7(5-8)10-9(11)6-13-14(10)2/h6-8,12H,3-5H2,1-2H3. The number of aryl methyl sites for hydroxylation is 1. The molecule has 3 nitrogen and oxygen atoms in total. The summed E-state index contributed by atoms with van der Waals surface area (Å²) < 4.78 is 1.91. The Morgan fingerprint density at radius 1 is 1.57 bits per heavy atom. The Labute approximate surface area is 89.4 Å². The lowest BCUT2D eigenvalue weighted by Crippen LogP contribution is -2.21. The second-order valence-corrected chi connectivity index (χ2v) is 4.40. The van der Waals surface area contributed by atoms with Crippen molar-refractivity contribution in [3.8, 4) is 0 Å². The first kappa shape index (κ1) is 9.99. The van der Waals surface area contributed by atoms with E-state index >= 15 is 0 Å². The molecule has 78 valence electrons.